The predicted octanol–water partition coefficient (Wildman–Crippen LogP) is 3.26. The van der Waals surface area contributed by atoms with E-state index in [9.17, 15) is 19.8 Å². The Balaban J connectivity index is 2.16. The van der Waals surface area contributed by atoms with Gasteiger partial charge < -0.3 is 29.3 Å². The second-order valence-corrected chi connectivity index (χ2v) is 7.57. The van der Waals surface area contributed by atoms with Crippen molar-refractivity contribution < 1.29 is 34.0 Å². The molecule has 170 valence electrons. The molecule has 1 fully saturated rings. The Kier molecular flexibility index (Phi) is 7.05. The van der Waals surface area contributed by atoms with E-state index in [1.54, 1.807) is 24.3 Å². The molecule has 2 aromatic carbocycles. The number of carbonyl (C=O) groups is 2. The molecule has 0 radical (unpaired) electrons. The first-order chi connectivity index (χ1) is 15.3. The summed E-state index contributed by atoms with van der Waals surface area (Å²) in [6.45, 7) is 4.13. The Morgan fingerprint density at radius 1 is 1.06 bits per heavy atom. The van der Waals surface area contributed by atoms with Crippen molar-refractivity contribution >= 4 is 17.4 Å². The van der Waals surface area contributed by atoms with E-state index in [-0.39, 0.29) is 41.9 Å². The van der Waals surface area contributed by atoms with Gasteiger partial charge in [0, 0.05) is 6.54 Å². The van der Waals surface area contributed by atoms with Crippen LogP contribution in [0.15, 0.2) is 48.0 Å². The molecule has 0 aliphatic carbocycles. The molecule has 0 spiro atoms. The fourth-order valence-electron chi connectivity index (χ4n) is 3.64. The third kappa shape index (κ3) is 4.55. The number of aliphatic hydroxyl groups is 1. The summed E-state index contributed by atoms with van der Waals surface area (Å²) in [5.41, 5.74) is 0.721. The van der Waals surface area contributed by atoms with Crippen molar-refractivity contribution in [3.05, 3.63) is 59.2 Å². The first-order valence-corrected chi connectivity index (χ1v) is 10.2. The minimum Gasteiger partial charge on any atom is -0.508 e. The molecule has 2 N–H and O–H groups in total. The number of methoxy groups -OCH3 is 2. The number of likely N-dealkylation sites (tertiary alicyclic amines) is 1. The largest absolute Gasteiger partial charge is 0.508 e. The van der Waals surface area contributed by atoms with Gasteiger partial charge in [-0.2, -0.15) is 0 Å². The number of aliphatic hydroxyl groups excluding tert-OH is 1. The predicted molar refractivity (Wildman–Crippen MR) is 118 cm³/mol. The van der Waals surface area contributed by atoms with E-state index in [4.69, 9.17) is 14.2 Å². The molecule has 1 atom stereocenters. The van der Waals surface area contributed by atoms with Gasteiger partial charge in [0.1, 0.15) is 23.0 Å². The van der Waals surface area contributed by atoms with Gasteiger partial charge >= 0.3 is 0 Å². The Morgan fingerprint density at radius 2 is 1.75 bits per heavy atom. The van der Waals surface area contributed by atoms with E-state index < -0.39 is 17.7 Å². The average molecular weight is 441 g/mol. The minimum atomic E-state index is -0.859. The number of benzene rings is 2. The molecule has 0 aromatic heterocycles. The SMILES string of the molecule is COc1ccc(OC)c(/C(O)=C2\C(=O)C(=O)N(CCOC(C)C)C2c2ccc(O)cc2)c1. The molecule has 32 heavy (non-hydrogen) atoms. The van der Waals surface area contributed by atoms with Crippen LogP contribution in [0.5, 0.6) is 17.2 Å². The summed E-state index contributed by atoms with van der Waals surface area (Å²) >= 11 is 0. The molecule has 1 heterocycles. The second kappa shape index (κ2) is 9.74. The van der Waals surface area contributed by atoms with Crippen LogP contribution in [-0.4, -0.2) is 60.3 Å². The van der Waals surface area contributed by atoms with Gasteiger partial charge in [0.25, 0.3) is 11.7 Å². The first-order valence-electron chi connectivity index (χ1n) is 10.2. The normalized spacial score (nSPS) is 17.8. The summed E-state index contributed by atoms with van der Waals surface area (Å²) in [6, 6.07) is 10.1. The first kappa shape index (κ1) is 23.1. The zero-order valence-electron chi connectivity index (χ0n) is 18.5. The number of hydrogen-bond donors (Lipinski definition) is 2. The molecule has 8 nitrogen and oxygen atoms in total. The lowest BCUT2D eigenvalue weighted by Gasteiger charge is -2.26. The summed E-state index contributed by atoms with van der Waals surface area (Å²) in [5, 5.41) is 20.9. The van der Waals surface area contributed by atoms with Gasteiger partial charge in [-0.1, -0.05) is 12.1 Å². The van der Waals surface area contributed by atoms with Crippen molar-refractivity contribution in [2.24, 2.45) is 0 Å². The number of phenolic OH excluding ortho intramolecular Hbond substituents is 1. The summed E-state index contributed by atoms with van der Waals surface area (Å²) in [4.78, 5) is 27.4. The fraction of sp³-hybridized carbons (Fsp3) is 0.333. The Labute approximate surface area is 186 Å². The number of rotatable bonds is 8. The van der Waals surface area contributed by atoms with Crippen molar-refractivity contribution in [1.29, 1.82) is 0 Å². The van der Waals surface area contributed by atoms with Gasteiger partial charge in [-0.05, 0) is 49.7 Å². The Hall–Kier alpha value is -3.52. The van der Waals surface area contributed by atoms with Crippen LogP contribution in [0.2, 0.25) is 0 Å². The van der Waals surface area contributed by atoms with Crippen LogP contribution >= 0.6 is 0 Å². The van der Waals surface area contributed by atoms with Crippen LogP contribution in [0.4, 0.5) is 0 Å². The Morgan fingerprint density at radius 3 is 2.34 bits per heavy atom. The lowest BCUT2D eigenvalue weighted by Crippen LogP contribution is -2.33. The van der Waals surface area contributed by atoms with Crippen molar-refractivity contribution in [3.63, 3.8) is 0 Å². The molecule has 3 rings (SSSR count). The summed E-state index contributed by atoms with van der Waals surface area (Å²) < 4.78 is 16.2. The maximum absolute atomic E-state index is 13.1. The topological polar surface area (TPSA) is 106 Å². The maximum Gasteiger partial charge on any atom is 0.295 e. The third-order valence-corrected chi connectivity index (χ3v) is 5.19. The van der Waals surface area contributed by atoms with E-state index in [1.165, 1.54) is 37.3 Å². The molecule has 0 saturated carbocycles. The molecule has 1 unspecified atom stereocenters. The number of phenols is 1. The van der Waals surface area contributed by atoms with E-state index >= 15 is 0 Å². The standard InChI is InChI=1S/C24H27NO7/c1-14(2)32-12-11-25-21(15-5-7-16(26)8-6-15)20(23(28)24(25)29)22(27)18-13-17(30-3)9-10-19(18)31-4/h5-10,13-14,21,26-27H,11-12H2,1-4H3/b22-20+. The minimum absolute atomic E-state index is 0.0417. The third-order valence-electron chi connectivity index (χ3n) is 5.19. The smallest absolute Gasteiger partial charge is 0.295 e. The van der Waals surface area contributed by atoms with E-state index in [0.29, 0.717) is 17.1 Å². The molecule has 0 bridgehead atoms. The number of ketones is 1. The van der Waals surface area contributed by atoms with E-state index in [1.807, 2.05) is 13.8 Å². The highest BCUT2D eigenvalue weighted by Gasteiger charge is 2.46. The molecular weight excluding hydrogens is 414 g/mol. The highest BCUT2D eigenvalue weighted by molar-refractivity contribution is 6.46. The van der Waals surface area contributed by atoms with Gasteiger partial charge in [-0.15, -0.1) is 0 Å². The van der Waals surface area contributed by atoms with Crippen LogP contribution in [0.3, 0.4) is 0 Å². The van der Waals surface area contributed by atoms with Crippen molar-refractivity contribution in [2.45, 2.75) is 26.0 Å². The summed E-state index contributed by atoms with van der Waals surface area (Å²) in [6.07, 6.45) is -0.0417. The highest BCUT2D eigenvalue weighted by Crippen LogP contribution is 2.41. The van der Waals surface area contributed by atoms with Gasteiger partial charge in [-0.3, -0.25) is 9.59 Å². The Bertz CT molecular complexity index is 1030. The number of hydrogen-bond acceptors (Lipinski definition) is 7. The average Bonchev–Trinajstić information content (AvgIpc) is 3.03. The monoisotopic (exact) mass is 441 g/mol. The zero-order chi connectivity index (χ0) is 23.4. The van der Waals surface area contributed by atoms with Gasteiger partial charge in [0.05, 0.1) is 44.1 Å². The summed E-state index contributed by atoms with van der Waals surface area (Å²) in [5.74, 6) is -1.10. The van der Waals surface area contributed by atoms with Crippen LogP contribution in [0.25, 0.3) is 5.76 Å². The van der Waals surface area contributed by atoms with Crippen molar-refractivity contribution in [1.82, 2.24) is 4.90 Å². The fourth-order valence-corrected chi connectivity index (χ4v) is 3.64. The molecule has 2 aromatic rings. The highest BCUT2D eigenvalue weighted by atomic mass is 16.5. The number of carbonyl (C=O) groups excluding carboxylic acids is 2. The van der Waals surface area contributed by atoms with Crippen LogP contribution in [-0.2, 0) is 14.3 Å². The molecule has 1 aliphatic heterocycles. The van der Waals surface area contributed by atoms with E-state index in [2.05, 4.69) is 0 Å². The van der Waals surface area contributed by atoms with Crippen molar-refractivity contribution in [2.75, 3.05) is 27.4 Å². The number of Topliss-reactive ketones (excluding diaryl/α,β-unsaturated/α-hetero) is 1. The number of nitrogens with zero attached hydrogens (tertiary/aromatic N) is 1. The number of amides is 1. The molecular formula is C24H27NO7. The lowest BCUT2D eigenvalue weighted by molar-refractivity contribution is -0.140. The maximum atomic E-state index is 13.1. The molecule has 8 heteroatoms. The second-order valence-electron chi connectivity index (χ2n) is 7.57. The lowest BCUT2D eigenvalue weighted by atomic mass is 9.95. The molecule has 1 amide bonds. The number of ether oxygens (including phenoxy) is 3. The quantitative estimate of drug-likeness (QED) is 0.368. The summed E-state index contributed by atoms with van der Waals surface area (Å²) in [7, 11) is 2.92. The van der Waals surface area contributed by atoms with Crippen LogP contribution in [0, 0.1) is 0 Å². The van der Waals surface area contributed by atoms with Crippen LogP contribution in [0.1, 0.15) is 31.0 Å². The van der Waals surface area contributed by atoms with Crippen molar-refractivity contribution in [3.8, 4) is 17.2 Å². The van der Waals surface area contributed by atoms with Gasteiger partial charge in [0.2, 0.25) is 0 Å². The van der Waals surface area contributed by atoms with Crippen LogP contribution < -0.4 is 9.47 Å². The van der Waals surface area contributed by atoms with E-state index in [0.717, 1.165) is 0 Å². The van der Waals surface area contributed by atoms with Gasteiger partial charge in [-0.25, -0.2) is 0 Å². The molecule has 1 saturated heterocycles. The zero-order valence-corrected chi connectivity index (χ0v) is 18.5. The number of aromatic hydroxyl groups is 1. The van der Waals surface area contributed by atoms with Gasteiger partial charge in [0.15, 0.2) is 0 Å². The molecule has 1 aliphatic rings.